The zero-order valence-corrected chi connectivity index (χ0v) is 22.2. The molecule has 3 aliphatic rings. The highest BCUT2D eigenvalue weighted by molar-refractivity contribution is 6.28. The van der Waals surface area contributed by atoms with E-state index in [4.69, 9.17) is 9.47 Å². The van der Waals surface area contributed by atoms with Gasteiger partial charge in [0.2, 0.25) is 17.2 Å². The van der Waals surface area contributed by atoms with Crippen LogP contribution in [0.2, 0.25) is 0 Å². The van der Waals surface area contributed by atoms with Gasteiger partial charge in [-0.05, 0) is 23.8 Å². The lowest BCUT2D eigenvalue weighted by molar-refractivity contribution is -0.296. The molecule has 2 aliphatic heterocycles. The summed E-state index contributed by atoms with van der Waals surface area (Å²) in [6, 6.07) is 5.38. The van der Waals surface area contributed by atoms with E-state index in [-0.39, 0.29) is 5.75 Å². The Morgan fingerprint density at radius 2 is 1.44 bits per heavy atom. The lowest BCUT2D eigenvalue weighted by Gasteiger charge is -2.48. The van der Waals surface area contributed by atoms with E-state index in [9.17, 15) is 70.9 Å². The molecular formula is C27H32O16. The van der Waals surface area contributed by atoms with Crippen LogP contribution in [0.3, 0.4) is 0 Å². The fraction of sp³-hybridized carbons (Fsp3) is 0.481. The minimum Gasteiger partial charge on any atom is -0.508 e. The van der Waals surface area contributed by atoms with Crippen LogP contribution in [-0.4, -0.2) is 147 Å². The molecule has 1 aromatic rings. The second kappa shape index (κ2) is 12.4. The number of aliphatic hydroxyl groups is 11. The van der Waals surface area contributed by atoms with Crippen molar-refractivity contribution in [1.29, 1.82) is 0 Å². The maximum absolute atomic E-state index is 13.9. The number of phenols is 1. The van der Waals surface area contributed by atoms with E-state index in [1.54, 1.807) is 0 Å². The highest BCUT2D eigenvalue weighted by Crippen LogP contribution is 2.42. The molecular weight excluding hydrogens is 580 g/mol. The van der Waals surface area contributed by atoms with Crippen molar-refractivity contribution < 1.29 is 80.3 Å². The number of aliphatic hydroxyl groups excluding tert-OH is 10. The second-order valence-electron chi connectivity index (χ2n) is 10.4. The molecule has 0 radical (unpaired) electrons. The molecule has 11 atom stereocenters. The number of carbonyl (C=O) groups excluding carboxylic acids is 2. The average Bonchev–Trinajstić information content (AvgIpc) is 2.98. The third-order valence-corrected chi connectivity index (χ3v) is 7.80. The standard InChI is InChI=1S/C27H32O16/c28-7-11-16(32)25(43-26(40)17(11)33)27(41)23(38)14(12(31)6-3-9-1-4-10(30)5-2-9)19(35)15(24(27)39)22-21(37)20(36)18(34)13(8-29)42-22/h1-6,11,13,16-18,20-22,25-26,28-37,40-41H,7-8H2/b6-3+,14-12-/t11-,13-,16-,17+,18-,20+,21-,22+,25+,26+,27?/m1/s1. The van der Waals surface area contributed by atoms with E-state index in [0.29, 0.717) is 5.56 Å². The molecule has 1 aliphatic carbocycles. The molecule has 1 unspecified atom stereocenters. The number of benzene rings is 1. The SMILES string of the molecule is O=C1C([C@@H]2O[C@H](CO)[C@@H](O)[C@H](O)[C@H]2O)=C(O)/C(=C(O)\C=C\c2ccc(O)cc2)C(=O)C1(O)[C@H]1O[C@H](O)[C@@H](O)[C@H](CO)[C@H]1O. The van der Waals surface area contributed by atoms with Gasteiger partial charge in [-0.3, -0.25) is 9.59 Å². The van der Waals surface area contributed by atoms with Crippen molar-refractivity contribution >= 4 is 17.6 Å². The Hall–Kier alpha value is -3.26. The lowest BCUT2D eigenvalue weighted by Crippen LogP contribution is -2.70. The Morgan fingerprint density at radius 1 is 0.814 bits per heavy atom. The summed E-state index contributed by atoms with van der Waals surface area (Å²) in [5, 5.41) is 125. The van der Waals surface area contributed by atoms with Crippen molar-refractivity contribution in [2.45, 2.75) is 60.7 Å². The van der Waals surface area contributed by atoms with Crippen LogP contribution in [0.1, 0.15) is 5.56 Å². The van der Waals surface area contributed by atoms with Crippen LogP contribution in [0.15, 0.2) is 53.0 Å². The molecule has 2 saturated heterocycles. The maximum Gasteiger partial charge on any atom is 0.219 e. The van der Waals surface area contributed by atoms with E-state index < -0.39 is 114 Å². The molecule has 16 nitrogen and oxygen atoms in total. The smallest absolute Gasteiger partial charge is 0.219 e. The Labute approximate surface area is 242 Å². The van der Waals surface area contributed by atoms with Crippen molar-refractivity contribution in [3.63, 3.8) is 0 Å². The van der Waals surface area contributed by atoms with Crippen molar-refractivity contribution in [2.24, 2.45) is 5.92 Å². The quantitative estimate of drug-likeness (QED) is 0.0823. The number of hydrogen-bond acceptors (Lipinski definition) is 16. The van der Waals surface area contributed by atoms with Gasteiger partial charge in [-0.1, -0.05) is 18.2 Å². The van der Waals surface area contributed by atoms with E-state index in [1.165, 1.54) is 30.3 Å². The first-order valence-corrected chi connectivity index (χ1v) is 13.0. The molecule has 12 N–H and O–H groups in total. The summed E-state index contributed by atoms with van der Waals surface area (Å²) < 4.78 is 10.4. The molecule has 4 rings (SSSR count). The third-order valence-electron chi connectivity index (χ3n) is 7.80. The Balaban J connectivity index is 1.92. The number of ketones is 2. The van der Waals surface area contributed by atoms with E-state index >= 15 is 0 Å². The summed E-state index contributed by atoms with van der Waals surface area (Å²) in [6.45, 7) is -2.00. The normalized spacial score (nSPS) is 40.3. The van der Waals surface area contributed by atoms with Gasteiger partial charge in [0.05, 0.1) is 24.9 Å². The molecule has 236 valence electrons. The predicted molar refractivity (Wildman–Crippen MR) is 139 cm³/mol. The van der Waals surface area contributed by atoms with Gasteiger partial charge in [0.1, 0.15) is 65.6 Å². The van der Waals surface area contributed by atoms with Crippen molar-refractivity contribution in [2.75, 3.05) is 13.2 Å². The molecule has 0 amide bonds. The van der Waals surface area contributed by atoms with Gasteiger partial charge < -0.3 is 70.8 Å². The van der Waals surface area contributed by atoms with Crippen LogP contribution in [-0.2, 0) is 19.1 Å². The number of rotatable bonds is 6. The van der Waals surface area contributed by atoms with Gasteiger partial charge in [0.25, 0.3) is 0 Å². The predicted octanol–water partition coefficient (Wildman–Crippen LogP) is -4.20. The number of ether oxygens (including phenoxy) is 2. The summed E-state index contributed by atoms with van der Waals surface area (Å²) in [5.41, 5.74) is -5.62. The van der Waals surface area contributed by atoms with Gasteiger partial charge >= 0.3 is 0 Å². The van der Waals surface area contributed by atoms with Gasteiger partial charge in [-0.25, -0.2) is 0 Å². The maximum atomic E-state index is 13.9. The Bertz CT molecular complexity index is 1320. The molecule has 1 aromatic carbocycles. The summed E-state index contributed by atoms with van der Waals surface area (Å²) >= 11 is 0. The fourth-order valence-electron chi connectivity index (χ4n) is 5.30. The molecule has 0 bridgehead atoms. The van der Waals surface area contributed by atoms with E-state index in [2.05, 4.69) is 0 Å². The van der Waals surface area contributed by atoms with Crippen molar-refractivity contribution in [3.05, 3.63) is 58.6 Å². The van der Waals surface area contributed by atoms with Crippen LogP contribution >= 0.6 is 0 Å². The summed E-state index contributed by atoms with van der Waals surface area (Å²) in [7, 11) is 0. The molecule has 2 heterocycles. The number of aromatic hydroxyl groups is 1. The first-order chi connectivity index (χ1) is 20.2. The average molecular weight is 613 g/mol. The number of Topliss-reactive ketones (excluding diaryl/α,β-unsaturated/α-hetero) is 2. The monoisotopic (exact) mass is 612 g/mol. The first kappa shape index (κ1) is 32.6. The highest BCUT2D eigenvalue weighted by atomic mass is 16.6. The minimum absolute atomic E-state index is 0.0879. The molecule has 0 aromatic heterocycles. The summed E-state index contributed by atoms with van der Waals surface area (Å²) in [6.07, 6.45) is -16.9. The summed E-state index contributed by atoms with van der Waals surface area (Å²) in [4.78, 5) is 27.6. The minimum atomic E-state index is -3.63. The van der Waals surface area contributed by atoms with Crippen LogP contribution in [0, 0.1) is 5.92 Å². The summed E-state index contributed by atoms with van der Waals surface area (Å²) in [5.74, 6) is -7.79. The zero-order valence-electron chi connectivity index (χ0n) is 22.2. The fourth-order valence-corrected chi connectivity index (χ4v) is 5.30. The van der Waals surface area contributed by atoms with Gasteiger partial charge in [0, 0.05) is 5.92 Å². The van der Waals surface area contributed by atoms with Crippen LogP contribution in [0.25, 0.3) is 6.08 Å². The van der Waals surface area contributed by atoms with E-state index in [1.807, 2.05) is 0 Å². The molecule has 0 saturated carbocycles. The van der Waals surface area contributed by atoms with Crippen molar-refractivity contribution in [1.82, 2.24) is 0 Å². The number of phenolic OH excluding ortho intramolecular Hbond substituents is 1. The number of carbonyl (C=O) groups is 2. The Kier molecular flexibility index (Phi) is 9.41. The van der Waals surface area contributed by atoms with E-state index in [0.717, 1.165) is 6.08 Å². The largest absolute Gasteiger partial charge is 0.508 e. The first-order valence-electron chi connectivity index (χ1n) is 13.0. The van der Waals surface area contributed by atoms with Gasteiger partial charge in [-0.2, -0.15) is 0 Å². The lowest BCUT2D eigenvalue weighted by atomic mass is 9.68. The van der Waals surface area contributed by atoms with Crippen LogP contribution in [0.5, 0.6) is 5.75 Å². The molecule has 0 spiro atoms. The molecule has 2 fully saturated rings. The second-order valence-corrected chi connectivity index (χ2v) is 10.4. The van der Waals surface area contributed by atoms with Crippen LogP contribution < -0.4 is 0 Å². The van der Waals surface area contributed by atoms with Gasteiger partial charge in [0.15, 0.2) is 6.29 Å². The number of hydrogen-bond donors (Lipinski definition) is 12. The molecule has 16 heteroatoms. The van der Waals surface area contributed by atoms with Crippen LogP contribution in [0.4, 0.5) is 0 Å². The number of allylic oxidation sites excluding steroid dienone is 2. The zero-order chi connectivity index (χ0) is 32.0. The molecule has 43 heavy (non-hydrogen) atoms. The highest BCUT2D eigenvalue weighted by Gasteiger charge is 2.65. The topological polar surface area (TPSA) is 295 Å². The van der Waals surface area contributed by atoms with Gasteiger partial charge in [-0.15, -0.1) is 0 Å². The third kappa shape index (κ3) is 5.47. The Morgan fingerprint density at radius 3 is 2.02 bits per heavy atom. The van der Waals surface area contributed by atoms with Crippen molar-refractivity contribution in [3.8, 4) is 5.75 Å².